The molecule has 0 N–H and O–H groups in total. The molecule has 0 atom stereocenters. The summed E-state index contributed by atoms with van der Waals surface area (Å²) < 4.78 is 32.3. The quantitative estimate of drug-likeness (QED) is 0.593. The predicted octanol–water partition coefficient (Wildman–Crippen LogP) is 3.80. The van der Waals surface area contributed by atoms with Gasteiger partial charge in [0.2, 0.25) is 10.0 Å². The molecule has 2 heterocycles. The number of nitrogens with zero attached hydrogens (tertiary/aromatic N) is 1. The van der Waals surface area contributed by atoms with Crippen LogP contribution in [0.25, 0.3) is 0 Å². The molecule has 0 spiro atoms. The summed E-state index contributed by atoms with van der Waals surface area (Å²) in [6.07, 6.45) is 2.71. The lowest BCUT2D eigenvalue weighted by molar-refractivity contribution is 0.0736. The highest BCUT2D eigenvalue weighted by Gasteiger charge is 2.31. The molecular formula is C16H16ClNO4S2. The Morgan fingerprint density at radius 3 is 2.42 bits per heavy atom. The van der Waals surface area contributed by atoms with Gasteiger partial charge >= 0.3 is 5.97 Å². The van der Waals surface area contributed by atoms with Crippen LogP contribution in [0.1, 0.15) is 28.9 Å². The van der Waals surface area contributed by atoms with Crippen molar-refractivity contribution in [2.24, 2.45) is 0 Å². The third kappa shape index (κ3) is 3.64. The van der Waals surface area contributed by atoms with Crippen molar-refractivity contribution in [3.63, 3.8) is 0 Å². The van der Waals surface area contributed by atoms with Crippen molar-refractivity contribution in [2.75, 3.05) is 13.1 Å². The van der Waals surface area contributed by atoms with Crippen LogP contribution in [0.3, 0.4) is 0 Å². The van der Waals surface area contributed by atoms with Crippen LogP contribution in [0.15, 0.2) is 40.6 Å². The summed E-state index contributed by atoms with van der Waals surface area (Å²) in [4.78, 5) is 12.5. The van der Waals surface area contributed by atoms with Crippen LogP contribution in [-0.2, 0) is 10.0 Å². The minimum absolute atomic E-state index is 0.0216. The fourth-order valence-corrected chi connectivity index (χ4v) is 5.46. The Balaban J connectivity index is 1.84. The fraction of sp³-hybridized carbons (Fsp3) is 0.312. The molecule has 0 amide bonds. The molecule has 1 aromatic carbocycles. The maximum absolute atomic E-state index is 12.8. The van der Waals surface area contributed by atoms with Crippen LogP contribution < -0.4 is 4.74 Å². The molecular weight excluding hydrogens is 370 g/mol. The molecule has 5 nitrogen and oxygen atoms in total. The van der Waals surface area contributed by atoms with Crippen molar-refractivity contribution in [1.82, 2.24) is 4.31 Å². The first-order valence-corrected chi connectivity index (χ1v) is 10.2. The van der Waals surface area contributed by atoms with Crippen molar-refractivity contribution in [3.05, 3.63) is 45.6 Å². The molecule has 0 aliphatic carbocycles. The largest absolute Gasteiger partial charge is 0.422 e. The van der Waals surface area contributed by atoms with Gasteiger partial charge in [-0.05, 0) is 48.6 Å². The van der Waals surface area contributed by atoms with Gasteiger partial charge in [0, 0.05) is 18.1 Å². The van der Waals surface area contributed by atoms with Crippen LogP contribution in [0.4, 0.5) is 0 Å². The number of carbonyl (C=O) groups is 1. The summed E-state index contributed by atoms with van der Waals surface area (Å²) >= 11 is 6.86. The molecule has 0 unspecified atom stereocenters. The van der Waals surface area contributed by atoms with E-state index in [0.29, 0.717) is 23.9 Å². The minimum Gasteiger partial charge on any atom is -0.422 e. The third-order valence-corrected chi connectivity index (χ3v) is 6.99. The van der Waals surface area contributed by atoms with Crippen LogP contribution in [-0.4, -0.2) is 31.8 Å². The average molecular weight is 386 g/mol. The average Bonchev–Trinajstić information content (AvgIpc) is 3.08. The van der Waals surface area contributed by atoms with Gasteiger partial charge in [-0.15, -0.1) is 11.3 Å². The van der Waals surface area contributed by atoms with Gasteiger partial charge in [-0.1, -0.05) is 18.0 Å². The first kappa shape index (κ1) is 17.4. The molecule has 24 heavy (non-hydrogen) atoms. The monoisotopic (exact) mass is 385 g/mol. The van der Waals surface area contributed by atoms with E-state index in [1.165, 1.54) is 10.4 Å². The zero-order valence-electron chi connectivity index (χ0n) is 12.8. The van der Waals surface area contributed by atoms with Crippen molar-refractivity contribution < 1.29 is 17.9 Å². The van der Waals surface area contributed by atoms with Gasteiger partial charge < -0.3 is 4.74 Å². The number of carbonyl (C=O) groups excluding carboxylic acids is 1. The van der Waals surface area contributed by atoms with E-state index in [-0.39, 0.29) is 9.77 Å². The van der Waals surface area contributed by atoms with Crippen molar-refractivity contribution >= 4 is 38.9 Å². The van der Waals surface area contributed by atoms with Crippen molar-refractivity contribution in [3.8, 4) is 5.75 Å². The molecule has 128 valence electrons. The highest BCUT2D eigenvalue weighted by molar-refractivity contribution is 7.89. The van der Waals surface area contributed by atoms with E-state index in [9.17, 15) is 13.2 Å². The lowest BCUT2D eigenvalue weighted by Crippen LogP contribution is -2.36. The van der Waals surface area contributed by atoms with Gasteiger partial charge in [0.1, 0.15) is 15.5 Å². The van der Waals surface area contributed by atoms with Gasteiger partial charge in [0.05, 0.1) is 0 Å². The number of thiophene rings is 1. The number of rotatable bonds is 4. The fourth-order valence-electron chi connectivity index (χ4n) is 2.55. The normalized spacial score (nSPS) is 16.0. The summed E-state index contributed by atoms with van der Waals surface area (Å²) in [6.45, 7) is 0.980. The molecule has 2 aromatic rings. The lowest BCUT2D eigenvalue weighted by atomic mass is 10.2. The number of hydrogen-bond donors (Lipinski definition) is 0. The van der Waals surface area contributed by atoms with Gasteiger partial charge in [-0.3, -0.25) is 0 Å². The second-order valence-corrected chi connectivity index (χ2v) is 8.68. The molecule has 1 aromatic heterocycles. The molecule has 1 aliphatic heterocycles. The maximum Gasteiger partial charge on any atom is 0.355 e. The number of benzene rings is 1. The molecule has 8 heteroatoms. The number of halogens is 1. The standard InChI is InChI=1S/C16H16ClNO4S2/c17-12-4-6-13(7-5-12)22-16(19)15-14(8-11-23-15)24(20,21)18-9-2-1-3-10-18/h4-8,11H,1-3,9-10H2. The third-order valence-electron chi connectivity index (χ3n) is 3.77. The van der Waals surface area contributed by atoms with Crippen LogP contribution in [0.5, 0.6) is 5.75 Å². The van der Waals surface area contributed by atoms with Crippen molar-refractivity contribution in [2.45, 2.75) is 24.2 Å². The van der Waals surface area contributed by atoms with E-state index in [0.717, 1.165) is 30.6 Å². The summed E-state index contributed by atoms with van der Waals surface area (Å²) in [5.41, 5.74) is 0. The Hall–Kier alpha value is -1.41. The zero-order chi connectivity index (χ0) is 17.2. The van der Waals surface area contributed by atoms with Crippen molar-refractivity contribution in [1.29, 1.82) is 0 Å². The molecule has 0 radical (unpaired) electrons. The summed E-state index contributed by atoms with van der Waals surface area (Å²) in [6, 6.07) is 7.79. The van der Waals surface area contributed by atoms with Crippen LogP contribution in [0, 0.1) is 0 Å². The summed E-state index contributed by atoms with van der Waals surface area (Å²) in [5, 5.41) is 2.12. The minimum atomic E-state index is -3.67. The number of sulfonamides is 1. The predicted molar refractivity (Wildman–Crippen MR) is 93.3 cm³/mol. The smallest absolute Gasteiger partial charge is 0.355 e. The van der Waals surface area contributed by atoms with Gasteiger partial charge in [0.25, 0.3) is 0 Å². The van der Waals surface area contributed by atoms with Gasteiger partial charge in [0.15, 0.2) is 0 Å². The number of hydrogen-bond acceptors (Lipinski definition) is 5. The van der Waals surface area contributed by atoms with Crippen LogP contribution >= 0.6 is 22.9 Å². The molecule has 3 rings (SSSR count). The first-order chi connectivity index (χ1) is 11.5. The Morgan fingerprint density at radius 1 is 1.08 bits per heavy atom. The van der Waals surface area contributed by atoms with E-state index >= 15 is 0 Å². The Bertz CT molecular complexity index is 824. The van der Waals surface area contributed by atoms with E-state index < -0.39 is 16.0 Å². The van der Waals surface area contributed by atoms with Gasteiger partial charge in [-0.25, -0.2) is 13.2 Å². The van der Waals surface area contributed by atoms with E-state index in [1.54, 1.807) is 29.6 Å². The zero-order valence-corrected chi connectivity index (χ0v) is 15.2. The highest BCUT2D eigenvalue weighted by atomic mass is 35.5. The highest BCUT2D eigenvalue weighted by Crippen LogP contribution is 2.28. The Kier molecular flexibility index (Phi) is 5.24. The van der Waals surface area contributed by atoms with Crippen LogP contribution in [0.2, 0.25) is 5.02 Å². The second-order valence-electron chi connectivity index (χ2n) is 5.42. The lowest BCUT2D eigenvalue weighted by Gasteiger charge is -2.25. The number of esters is 1. The molecule has 1 saturated heterocycles. The van der Waals surface area contributed by atoms with E-state index in [1.807, 2.05) is 0 Å². The molecule has 0 bridgehead atoms. The first-order valence-electron chi connectivity index (χ1n) is 7.54. The van der Waals surface area contributed by atoms with E-state index in [4.69, 9.17) is 16.3 Å². The Morgan fingerprint density at radius 2 is 1.75 bits per heavy atom. The van der Waals surface area contributed by atoms with E-state index in [2.05, 4.69) is 0 Å². The Labute approximate surface area is 149 Å². The molecule has 1 fully saturated rings. The maximum atomic E-state index is 12.8. The number of piperidine rings is 1. The summed E-state index contributed by atoms with van der Waals surface area (Å²) in [7, 11) is -3.67. The molecule has 1 aliphatic rings. The summed E-state index contributed by atoms with van der Waals surface area (Å²) in [5.74, 6) is -0.359. The van der Waals surface area contributed by atoms with Gasteiger partial charge in [-0.2, -0.15) is 4.31 Å². The molecule has 0 saturated carbocycles. The topological polar surface area (TPSA) is 63.7 Å². The second kappa shape index (κ2) is 7.23. The number of ether oxygens (including phenoxy) is 1. The SMILES string of the molecule is O=C(Oc1ccc(Cl)cc1)c1sccc1S(=O)(=O)N1CCCCC1.